The molecule has 0 aromatic heterocycles. The van der Waals surface area contributed by atoms with Gasteiger partial charge in [0.1, 0.15) is 5.82 Å². The summed E-state index contributed by atoms with van der Waals surface area (Å²) in [7, 11) is 0. The molecule has 0 heterocycles. The maximum absolute atomic E-state index is 13.9. The number of carbonyl (C=O) groups excluding carboxylic acids is 2. The molecule has 0 bridgehead atoms. The van der Waals surface area contributed by atoms with Gasteiger partial charge in [0, 0.05) is 25.2 Å². The zero-order valence-corrected chi connectivity index (χ0v) is 15.2. The summed E-state index contributed by atoms with van der Waals surface area (Å²) in [5, 5.41) is 5.16. The van der Waals surface area contributed by atoms with E-state index in [4.69, 9.17) is 5.73 Å². The Bertz CT molecular complexity index is 788. The van der Waals surface area contributed by atoms with Crippen molar-refractivity contribution in [3.05, 3.63) is 65.0 Å². The molecule has 0 saturated carbocycles. The zero-order chi connectivity index (χ0) is 19.3. The molecule has 0 spiro atoms. The molecule has 26 heavy (non-hydrogen) atoms. The summed E-state index contributed by atoms with van der Waals surface area (Å²) in [5.74, 6) is -1.11. The molecule has 1 unspecified atom stereocenters. The molecule has 4 N–H and O–H groups in total. The molecule has 0 fully saturated rings. The first kappa shape index (κ1) is 19.6. The maximum atomic E-state index is 13.9. The summed E-state index contributed by atoms with van der Waals surface area (Å²) in [6.07, 6.45) is 0. The fraction of sp³-hybridized carbons (Fsp3) is 0.300. The standard InChI is InChI=1S/C20H24FN3O2/c1-12(2)14-4-6-15(7-5-14)19(22)11-23-20(26)17-10-16(24-13(3)25)8-9-18(17)21/h4-10,12,19H,11,22H2,1-3H3,(H,23,26)(H,24,25). The van der Waals surface area contributed by atoms with Crippen LogP contribution in [-0.4, -0.2) is 18.4 Å². The van der Waals surface area contributed by atoms with Gasteiger partial charge in [0.15, 0.2) is 0 Å². The van der Waals surface area contributed by atoms with Crippen molar-refractivity contribution in [2.45, 2.75) is 32.7 Å². The summed E-state index contributed by atoms with van der Waals surface area (Å²) in [5.41, 5.74) is 8.44. The van der Waals surface area contributed by atoms with Gasteiger partial charge in [-0.3, -0.25) is 9.59 Å². The fourth-order valence-corrected chi connectivity index (χ4v) is 2.52. The number of amides is 2. The third-order valence-corrected chi connectivity index (χ3v) is 4.05. The van der Waals surface area contributed by atoms with Crippen molar-refractivity contribution >= 4 is 17.5 Å². The number of hydrogen-bond acceptors (Lipinski definition) is 3. The minimum absolute atomic E-state index is 0.140. The van der Waals surface area contributed by atoms with Crippen LogP contribution in [0.15, 0.2) is 42.5 Å². The van der Waals surface area contributed by atoms with E-state index in [2.05, 4.69) is 24.5 Å². The van der Waals surface area contributed by atoms with Gasteiger partial charge in [0.05, 0.1) is 5.56 Å². The van der Waals surface area contributed by atoms with Gasteiger partial charge in [0.25, 0.3) is 5.91 Å². The Morgan fingerprint density at radius 1 is 1.08 bits per heavy atom. The van der Waals surface area contributed by atoms with Crippen molar-refractivity contribution in [1.29, 1.82) is 0 Å². The van der Waals surface area contributed by atoms with Crippen molar-refractivity contribution in [3.63, 3.8) is 0 Å². The number of hydrogen-bond donors (Lipinski definition) is 3. The number of benzene rings is 2. The van der Waals surface area contributed by atoms with Crippen molar-refractivity contribution in [3.8, 4) is 0 Å². The highest BCUT2D eigenvalue weighted by Crippen LogP contribution is 2.18. The number of anilines is 1. The van der Waals surface area contributed by atoms with Crippen molar-refractivity contribution < 1.29 is 14.0 Å². The molecule has 6 heteroatoms. The van der Waals surface area contributed by atoms with Crippen LogP contribution in [-0.2, 0) is 4.79 Å². The molecular formula is C20H24FN3O2. The largest absolute Gasteiger partial charge is 0.350 e. The highest BCUT2D eigenvalue weighted by Gasteiger charge is 2.15. The summed E-state index contributed by atoms with van der Waals surface area (Å²) < 4.78 is 13.9. The van der Waals surface area contributed by atoms with Gasteiger partial charge in [-0.15, -0.1) is 0 Å². The van der Waals surface area contributed by atoms with Crippen LogP contribution in [0.1, 0.15) is 54.2 Å². The second kappa shape index (κ2) is 8.58. The number of nitrogens with one attached hydrogen (secondary N) is 2. The van der Waals surface area contributed by atoms with Crippen molar-refractivity contribution in [1.82, 2.24) is 5.32 Å². The van der Waals surface area contributed by atoms with Crippen LogP contribution in [0.3, 0.4) is 0 Å². The number of carbonyl (C=O) groups is 2. The topological polar surface area (TPSA) is 84.2 Å². The van der Waals surface area contributed by atoms with E-state index in [9.17, 15) is 14.0 Å². The van der Waals surface area contributed by atoms with Gasteiger partial charge in [-0.2, -0.15) is 0 Å². The number of nitrogens with two attached hydrogens (primary N) is 1. The van der Waals surface area contributed by atoms with E-state index < -0.39 is 17.8 Å². The summed E-state index contributed by atoms with van der Waals surface area (Å²) >= 11 is 0. The van der Waals surface area contributed by atoms with Gasteiger partial charge >= 0.3 is 0 Å². The minimum atomic E-state index is -0.661. The summed E-state index contributed by atoms with van der Waals surface area (Å²) in [4.78, 5) is 23.4. The molecule has 5 nitrogen and oxygen atoms in total. The lowest BCUT2D eigenvalue weighted by Crippen LogP contribution is -2.32. The molecule has 138 valence electrons. The SMILES string of the molecule is CC(=O)Nc1ccc(F)c(C(=O)NCC(N)c2ccc(C(C)C)cc2)c1. The van der Waals surface area contributed by atoms with E-state index in [1.165, 1.54) is 24.6 Å². The Kier molecular flexibility index (Phi) is 6.46. The first-order chi connectivity index (χ1) is 12.3. The molecule has 0 aliphatic heterocycles. The van der Waals surface area contributed by atoms with E-state index in [-0.39, 0.29) is 18.0 Å². The molecule has 2 rings (SSSR count). The average Bonchev–Trinajstić information content (AvgIpc) is 2.60. The zero-order valence-electron chi connectivity index (χ0n) is 15.2. The van der Waals surface area contributed by atoms with E-state index in [0.29, 0.717) is 11.6 Å². The van der Waals surface area contributed by atoms with Gasteiger partial charge in [-0.05, 0) is 35.2 Å². The quantitative estimate of drug-likeness (QED) is 0.741. The highest BCUT2D eigenvalue weighted by molar-refractivity contribution is 5.97. The van der Waals surface area contributed by atoms with Crippen LogP contribution in [0.5, 0.6) is 0 Å². The van der Waals surface area contributed by atoms with Crippen LogP contribution in [0, 0.1) is 5.82 Å². The van der Waals surface area contributed by atoms with Crippen molar-refractivity contribution in [2.75, 3.05) is 11.9 Å². The second-order valence-corrected chi connectivity index (χ2v) is 6.51. The van der Waals surface area contributed by atoms with Gasteiger partial charge in [0.2, 0.25) is 5.91 Å². The Morgan fingerprint density at radius 2 is 1.69 bits per heavy atom. The lowest BCUT2D eigenvalue weighted by Gasteiger charge is -2.15. The second-order valence-electron chi connectivity index (χ2n) is 6.51. The number of rotatable bonds is 6. The van der Waals surface area contributed by atoms with Gasteiger partial charge in [-0.1, -0.05) is 38.1 Å². The molecule has 2 amide bonds. The Hall–Kier alpha value is -2.73. The molecule has 0 radical (unpaired) electrons. The molecule has 0 aliphatic rings. The van der Waals surface area contributed by atoms with Gasteiger partial charge < -0.3 is 16.4 Å². The lowest BCUT2D eigenvalue weighted by molar-refractivity contribution is -0.114. The lowest BCUT2D eigenvalue weighted by atomic mass is 9.99. The fourth-order valence-electron chi connectivity index (χ4n) is 2.52. The van der Waals surface area contributed by atoms with Crippen LogP contribution in [0.25, 0.3) is 0 Å². The third kappa shape index (κ3) is 5.13. The van der Waals surface area contributed by atoms with Crippen LogP contribution >= 0.6 is 0 Å². The van der Waals surface area contributed by atoms with Gasteiger partial charge in [-0.25, -0.2) is 4.39 Å². The highest BCUT2D eigenvalue weighted by atomic mass is 19.1. The Balaban J connectivity index is 2.02. The molecule has 2 aromatic rings. The van der Waals surface area contributed by atoms with Crippen molar-refractivity contribution in [2.24, 2.45) is 5.73 Å². The van der Waals surface area contributed by atoms with Crippen LogP contribution < -0.4 is 16.4 Å². The summed E-state index contributed by atoms with van der Waals surface area (Å²) in [6.45, 7) is 5.73. The Morgan fingerprint density at radius 3 is 2.27 bits per heavy atom. The maximum Gasteiger partial charge on any atom is 0.254 e. The van der Waals surface area contributed by atoms with E-state index in [1.54, 1.807) is 0 Å². The van der Waals surface area contributed by atoms with E-state index in [0.717, 1.165) is 11.6 Å². The molecule has 2 aromatic carbocycles. The smallest absolute Gasteiger partial charge is 0.254 e. The average molecular weight is 357 g/mol. The first-order valence-corrected chi connectivity index (χ1v) is 8.48. The summed E-state index contributed by atoms with van der Waals surface area (Å²) in [6, 6.07) is 11.3. The van der Waals surface area contributed by atoms with E-state index in [1.807, 2.05) is 24.3 Å². The van der Waals surface area contributed by atoms with E-state index >= 15 is 0 Å². The molecule has 0 saturated heterocycles. The first-order valence-electron chi connectivity index (χ1n) is 8.48. The predicted octanol–water partition coefficient (Wildman–Crippen LogP) is 3.34. The van der Waals surface area contributed by atoms with Crippen LogP contribution in [0.2, 0.25) is 0 Å². The molecule has 1 atom stereocenters. The minimum Gasteiger partial charge on any atom is -0.350 e. The number of halogens is 1. The monoisotopic (exact) mass is 357 g/mol. The van der Waals surface area contributed by atoms with Crippen LogP contribution in [0.4, 0.5) is 10.1 Å². The normalized spacial score (nSPS) is 11.9. The third-order valence-electron chi connectivity index (χ3n) is 4.05. The predicted molar refractivity (Wildman–Crippen MR) is 100 cm³/mol. The Labute approximate surface area is 152 Å². The molecule has 0 aliphatic carbocycles. The molecular weight excluding hydrogens is 333 g/mol.